The molecule has 0 spiro atoms. The van der Waals surface area contributed by atoms with Crippen molar-refractivity contribution in [2.75, 3.05) is 13.6 Å². The molecule has 0 N–H and O–H groups in total. The molecule has 0 fully saturated rings. The topological polar surface area (TPSA) is 42.3 Å². The fourth-order valence-electron chi connectivity index (χ4n) is 4.09. The maximum absolute atomic E-state index is 12.8. The molecule has 4 heteroatoms. The van der Waals surface area contributed by atoms with Crippen LogP contribution in [0.2, 0.25) is 0 Å². The number of allylic oxidation sites excluding steroid dienone is 2. The van der Waals surface area contributed by atoms with Gasteiger partial charge in [-0.2, -0.15) is 0 Å². The van der Waals surface area contributed by atoms with E-state index in [-0.39, 0.29) is 16.8 Å². The maximum atomic E-state index is 12.8. The van der Waals surface area contributed by atoms with Crippen LogP contribution in [0, 0.1) is 0 Å². The summed E-state index contributed by atoms with van der Waals surface area (Å²) < 4.78 is 2.03. The molecule has 3 aromatic rings. The molecular weight excluding hydrogens is 408 g/mol. The molecule has 0 unspecified atom stereocenters. The van der Waals surface area contributed by atoms with Gasteiger partial charge in [-0.25, -0.2) is 0 Å². The highest BCUT2D eigenvalue weighted by molar-refractivity contribution is 6.13. The molecule has 0 bridgehead atoms. The monoisotopic (exact) mass is 440 g/mol. The summed E-state index contributed by atoms with van der Waals surface area (Å²) in [5.74, 6) is -0.123. The summed E-state index contributed by atoms with van der Waals surface area (Å²) in [6.45, 7) is 11.7. The van der Waals surface area contributed by atoms with Gasteiger partial charge in [0, 0.05) is 44.4 Å². The highest BCUT2D eigenvalue weighted by Gasteiger charge is 2.26. The lowest BCUT2D eigenvalue weighted by molar-refractivity contribution is 0.0986. The van der Waals surface area contributed by atoms with Gasteiger partial charge in [0.1, 0.15) is 0 Å². The van der Waals surface area contributed by atoms with E-state index in [0.717, 1.165) is 40.2 Å². The van der Waals surface area contributed by atoms with Crippen LogP contribution in [0.4, 0.5) is 0 Å². The zero-order chi connectivity index (χ0) is 24.0. The largest absolute Gasteiger partial charge is 0.371 e. The van der Waals surface area contributed by atoms with Gasteiger partial charge in [0.25, 0.3) is 0 Å². The number of rotatable bonds is 5. The lowest BCUT2D eigenvalue weighted by Gasteiger charge is -2.34. The lowest BCUT2D eigenvalue weighted by Crippen LogP contribution is -2.33. The Kier molecular flexibility index (Phi) is 7.83. The number of aromatic nitrogens is 1. The molecule has 2 heterocycles. The second-order valence-corrected chi connectivity index (χ2v) is 7.76. The first-order valence-corrected chi connectivity index (χ1v) is 11.5. The van der Waals surface area contributed by atoms with Gasteiger partial charge in [-0.3, -0.25) is 9.59 Å². The van der Waals surface area contributed by atoms with E-state index in [1.165, 1.54) is 0 Å². The fraction of sp³-hybridized carbons (Fsp3) is 0.241. The molecule has 4 nitrogen and oxygen atoms in total. The molecule has 1 aromatic heterocycles. The smallest absolute Gasteiger partial charge is 0.193 e. The third-order valence-corrected chi connectivity index (χ3v) is 5.77. The molecule has 0 amide bonds. The van der Waals surface area contributed by atoms with Crippen LogP contribution >= 0.6 is 0 Å². The number of likely N-dealkylation sites (N-methyl/N-ethyl adjacent to an activating group) is 1. The SMILES string of the molecule is C=C(/C(=C1/c2cc(=O)c(C(=O)CC)cn2CCN1C)c1ccccc1)c1ccccc1.CC. The molecule has 1 aliphatic rings. The lowest BCUT2D eigenvalue weighted by atomic mass is 9.89. The van der Waals surface area contributed by atoms with Crippen LogP contribution in [0.25, 0.3) is 16.8 Å². The van der Waals surface area contributed by atoms with Crippen molar-refractivity contribution in [2.45, 2.75) is 33.7 Å². The Morgan fingerprint density at radius 2 is 1.52 bits per heavy atom. The van der Waals surface area contributed by atoms with Gasteiger partial charge in [0.05, 0.1) is 17.0 Å². The normalized spacial score (nSPS) is 14.0. The van der Waals surface area contributed by atoms with Crippen LogP contribution < -0.4 is 5.43 Å². The Hall–Kier alpha value is -3.66. The fourth-order valence-corrected chi connectivity index (χ4v) is 4.09. The van der Waals surface area contributed by atoms with Crippen LogP contribution in [-0.2, 0) is 6.54 Å². The van der Waals surface area contributed by atoms with Crippen molar-refractivity contribution in [3.63, 3.8) is 0 Å². The minimum absolute atomic E-state index is 0.123. The van der Waals surface area contributed by atoms with Gasteiger partial charge in [-0.1, -0.05) is 88.0 Å². The van der Waals surface area contributed by atoms with Crippen molar-refractivity contribution in [1.29, 1.82) is 0 Å². The number of hydrogen-bond donors (Lipinski definition) is 0. The first kappa shape index (κ1) is 24.0. The van der Waals surface area contributed by atoms with Crippen molar-refractivity contribution in [3.8, 4) is 0 Å². The molecule has 170 valence electrons. The molecule has 1 aliphatic heterocycles. The standard InChI is InChI=1S/C27H26N2O2.C2H6/c1-4-24(30)22-18-29-16-15-28(3)27(23(29)17-25(22)31)26(21-13-9-6-10-14-21)19(2)20-11-7-5-8-12-20;1-2/h5-14,17-18H,2,4,15-16H2,1,3H3;1-2H3/b27-26+;. The van der Waals surface area contributed by atoms with Gasteiger partial charge in [-0.05, 0) is 16.7 Å². The summed E-state index contributed by atoms with van der Waals surface area (Å²) in [7, 11) is 2.04. The van der Waals surface area contributed by atoms with Gasteiger partial charge in [-0.15, -0.1) is 0 Å². The van der Waals surface area contributed by atoms with Gasteiger partial charge < -0.3 is 9.47 Å². The predicted octanol–water partition coefficient (Wildman–Crippen LogP) is 5.99. The second kappa shape index (κ2) is 10.8. The van der Waals surface area contributed by atoms with Crippen LogP contribution in [0.1, 0.15) is 54.4 Å². The van der Waals surface area contributed by atoms with E-state index in [9.17, 15) is 9.59 Å². The number of Topliss-reactive ketones (excluding diaryl/α,β-unsaturated/α-hetero) is 1. The van der Waals surface area contributed by atoms with Crippen molar-refractivity contribution in [2.24, 2.45) is 0 Å². The number of pyridine rings is 1. The van der Waals surface area contributed by atoms with Gasteiger partial charge >= 0.3 is 0 Å². The van der Waals surface area contributed by atoms with E-state index in [2.05, 4.69) is 23.6 Å². The number of nitrogens with zero attached hydrogens (tertiary/aromatic N) is 2. The minimum atomic E-state index is -0.233. The Bertz CT molecular complexity index is 1220. The van der Waals surface area contributed by atoms with E-state index < -0.39 is 0 Å². The molecule has 0 aliphatic carbocycles. The van der Waals surface area contributed by atoms with E-state index in [0.29, 0.717) is 13.0 Å². The molecule has 4 rings (SSSR count). The Balaban J connectivity index is 0.00000149. The molecule has 2 aromatic carbocycles. The minimum Gasteiger partial charge on any atom is -0.371 e. The third kappa shape index (κ3) is 4.90. The van der Waals surface area contributed by atoms with E-state index in [4.69, 9.17) is 0 Å². The summed E-state index contributed by atoms with van der Waals surface area (Å²) in [4.78, 5) is 27.3. The van der Waals surface area contributed by atoms with Crippen molar-refractivity contribution in [3.05, 3.63) is 112 Å². The van der Waals surface area contributed by atoms with Gasteiger partial charge in [0.2, 0.25) is 0 Å². The number of benzene rings is 2. The van der Waals surface area contributed by atoms with Gasteiger partial charge in [0.15, 0.2) is 11.2 Å². The Morgan fingerprint density at radius 3 is 2.09 bits per heavy atom. The Morgan fingerprint density at radius 1 is 0.939 bits per heavy atom. The van der Waals surface area contributed by atoms with Crippen LogP contribution in [0.5, 0.6) is 0 Å². The van der Waals surface area contributed by atoms with Crippen molar-refractivity contribution >= 4 is 22.6 Å². The number of carbonyl (C=O) groups excluding carboxylic acids is 1. The van der Waals surface area contributed by atoms with E-state index >= 15 is 0 Å². The summed E-state index contributed by atoms with van der Waals surface area (Å²) in [6.07, 6.45) is 2.04. The summed E-state index contributed by atoms with van der Waals surface area (Å²) in [5, 5.41) is 0. The number of hydrogen-bond acceptors (Lipinski definition) is 3. The molecule has 0 saturated heterocycles. The quantitative estimate of drug-likeness (QED) is 0.457. The highest BCUT2D eigenvalue weighted by atomic mass is 16.1. The second-order valence-electron chi connectivity index (χ2n) is 7.76. The van der Waals surface area contributed by atoms with Crippen molar-refractivity contribution in [1.82, 2.24) is 9.47 Å². The summed E-state index contributed by atoms with van der Waals surface area (Å²) in [6, 6.07) is 21.8. The van der Waals surface area contributed by atoms with E-state index in [1.54, 1.807) is 19.2 Å². The van der Waals surface area contributed by atoms with Crippen LogP contribution in [-0.4, -0.2) is 28.8 Å². The molecule has 0 saturated carbocycles. The number of fused-ring (bicyclic) bond motifs is 1. The van der Waals surface area contributed by atoms with Crippen LogP contribution in [0.15, 0.2) is 84.3 Å². The van der Waals surface area contributed by atoms with Crippen LogP contribution in [0.3, 0.4) is 0 Å². The zero-order valence-electron chi connectivity index (χ0n) is 20.0. The number of ketones is 1. The summed E-state index contributed by atoms with van der Waals surface area (Å²) in [5.41, 5.74) is 5.72. The zero-order valence-corrected chi connectivity index (χ0v) is 20.0. The van der Waals surface area contributed by atoms with E-state index in [1.807, 2.05) is 74.0 Å². The molecule has 0 atom stereocenters. The highest BCUT2D eigenvalue weighted by Crippen LogP contribution is 2.38. The molecular formula is C29H32N2O2. The average Bonchev–Trinajstić information content (AvgIpc) is 2.87. The molecule has 0 radical (unpaired) electrons. The summed E-state index contributed by atoms with van der Waals surface area (Å²) >= 11 is 0. The average molecular weight is 441 g/mol. The first-order valence-electron chi connectivity index (χ1n) is 11.5. The number of carbonyl (C=O) groups is 1. The third-order valence-electron chi connectivity index (χ3n) is 5.77. The maximum Gasteiger partial charge on any atom is 0.193 e. The predicted molar refractivity (Wildman–Crippen MR) is 138 cm³/mol. The first-order chi connectivity index (χ1) is 16.0. The van der Waals surface area contributed by atoms with Crippen molar-refractivity contribution < 1.29 is 4.79 Å². The Labute approximate surface area is 196 Å². The molecule has 33 heavy (non-hydrogen) atoms.